The Hall–Kier alpha value is -0.760. The van der Waals surface area contributed by atoms with Crippen molar-refractivity contribution in [1.29, 1.82) is 0 Å². The van der Waals surface area contributed by atoms with Gasteiger partial charge in [0.15, 0.2) is 0 Å². The lowest BCUT2D eigenvalue weighted by Crippen LogP contribution is -2.07. The van der Waals surface area contributed by atoms with E-state index >= 15 is 0 Å². The van der Waals surface area contributed by atoms with E-state index in [0.717, 1.165) is 25.0 Å². The molecule has 68 valence electrons. The van der Waals surface area contributed by atoms with Crippen LogP contribution in [0.15, 0.2) is 23.4 Å². The first kappa shape index (κ1) is 9.33. The summed E-state index contributed by atoms with van der Waals surface area (Å²) >= 11 is 0. The molecule has 1 unspecified atom stereocenters. The zero-order chi connectivity index (χ0) is 8.97. The molecule has 2 nitrogen and oxygen atoms in total. The Kier molecular flexibility index (Phi) is 3.35. The van der Waals surface area contributed by atoms with Gasteiger partial charge in [-0.1, -0.05) is 18.6 Å². The smallest absolute Gasteiger partial charge is 0.0434 e. The molecule has 0 saturated heterocycles. The number of hydrogen-bond donors (Lipinski definition) is 2. The number of rotatable bonds is 3. The molecule has 0 radical (unpaired) electrons. The van der Waals surface area contributed by atoms with E-state index in [0.29, 0.717) is 5.92 Å². The van der Waals surface area contributed by atoms with Crippen LogP contribution < -0.4 is 5.73 Å². The third-order valence-corrected chi connectivity index (χ3v) is 2.09. The number of allylic oxidation sites excluding steroid dienone is 3. The van der Waals surface area contributed by atoms with Crippen LogP contribution >= 0.6 is 0 Å². The van der Waals surface area contributed by atoms with Crippen molar-refractivity contribution in [2.24, 2.45) is 11.7 Å². The van der Waals surface area contributed by atoms with E-state index in [1.165, 1.54) is 5.57 Å². The van der Waals surface area contributed by atoms with Gasteiger partial charge in [0.05, 0.1) is 0 Å². The fourth-order valence-electron chi connectivity index (χ4n) is 1.62. The highest BCUT2D eigenvalue weighted by atomic mass is 16.2. The van der Waals surface area contributed by atoms with Crippen molar-refractivity contribution in [3.63, 3.8) is 0 Å². The second-order valence-corrected chi connectivity index (χ2v) is 3.48. The molecule has 0 aliphatic heterocycles. The number of aliphatic hydroxyl groups excluding tert-OH is 1. The van der Waals surface area contributed by atoms with Gasteiger partial charge >= 0.3 is 0 Å². The number of aliphatic hydroxyl groups is 1. The third-order valence-electron chi connectivity index (χ3n) is 2.09. The molecule has 0 aromatic rings. The summed E-state index contributed by atoms with van der Waals surface area (Å²) < 4.78 is 0. The maximum absolute atomic E-state index is 8.66. The molecule has 1 aliphatic rings. The van der Waals surface area contributed by atoms with Crippen molar-refractivity contribution >= 4 is 0 Å². The Morgan fingerprint density at radius 3 is 3.00 bits per heavy atom. The summed E-state index contributed by atoms with van der Waals surface area (Å²) in [5.41, 5.74) is 7.96. The van der Waals surface area contributed by atoms with Gasteiger partial charge < -0.3 is 10.8 Å². The summed E-state index contributed by atoms with van der Waals surface area (Å²) in [4.78, 5) is 0. The Morgan fingerprint density at radius 1 is 1.67 bits per heavy atom. The summed E-state index contributed by atoms with van der Waals surface area (Å²) in [7, 11) is 0. The number of nitrogens with two attached hydrogens (primary N) is 1. The Labute approximate surface area is 73.8 Å². The van der Waals surface area contributed by atoms with Crippen LogP contribution in [0.1, 0.15) is 26.2 Å². The lowest BCUT2D eigenvalue weighted by atomic mass is 9.92. The predicted octanol–water partition coefficient (Wildman–Crippen LogP) is 1.57. The zero-order valence-corrected chi connectivity index (χ0v) is 7.59. The van der Waals surface area contributed by atoms with Crippen LogP contribution in [0.5, 0.6) is 0 Å². The Morgan fingerprint density at radius 2 is 2.42 bits per heavy atom. The van der Waals surface area contributed by atoms with Crippen molar-refractivity contribution in [2.45, 2.75) is 26.2 Å². The van der Waals surface area contributed by atoms with E-state index < -0.39 is 0 Å². The summed E-state index contributed by atoms with van der Waals surface area (Å²) in [5.74, 6) is 0.559. The molecule has 0 aromatic heterocycles. The topological polar surface area (TPSA) is 46.2 Å². The molecule has 1 rings (SSSR count). The minimum absolute atomic E-state index is 0.273. The zero-order valence-electron chi connectivity index (χ0n) is 7.59. The highest BCUT2D eigenvalue weighted by Crippen LogP contribution is 2.23. The fraction of sp³-hybridized carbons (Fsp3) is 0.600. The molecule has 1 atom stereocenters. The average molecular weight is 167 g/mol. The summed E-state index contributed by atoms with van der Waals surface area (Å²) in [5, 5.41) is 8.66. The monoisotopic (exact) mass is 167 g/mol. The summed E-state index contributed by atoms with van der Waals surface area (Å²) in [6.07, 6.45) is 7.06. The van der Waals surface area contributed by atoms with Gasteiger partial charge in [-0.15, -0.1) is 0 Å². The minimum atomic E-state index is 0.273. The normalized spacial score (nSPS) is 23.3. The largest absolute Gasteiger partial charge is 0.399 e. The molecule has 3 N–H and O–H groups in total. The summed E-state index contributed by atoms with van der Waals surface area (Å²) in [6, 6.07) is 0. The van der Waals surface area contributed by atoms with Crippen molar-refractivity contribution in [3.05, 3.63) is 23.4 Å². The van der Waals surface area contributed by atoms with E-state index in [4.69, 9.17) is 10.8 Å². The molecule has 0 amide bonds. The standard InChI is InChI=1S/C10H17NO/c1-8-5-9(3-2-4-12)7-10(11)6-8/h6-8,12H,2-5,11H2,1H3. The lowest BCUT2D eigenvalue weighted by Gasteiger charge is -2.16. The molecule has 0 saturated carbocycles. The molecule has 0 aromatic carbocycles. The Balaban J connectivity index is 2.49. The van der Waals surface area contributed by atoms with Crippen molar-refractivity contribution < 1.29 is 5.11 Å². The first-order valence-electron chi connectivity index (χ1n) is 4.50. The van der Waals surface area contributed by atoms with Crippen molar-refractivity contribution in [2.75, 3.05) is 6.61 Å². The van der Waals surface area contributed by atoms with Crippen LogP contribution in [0.4, 0.5) is 0 Å². The van der Waals surface area contributed by atoms with Crippen LogP contribution in [-0.2, 0) is 0 Å². The van der Waals surface area contributed by atoms with E-state index in [1.54, 1.807) is 0 Å². The van der Waals surface area contributed by atoms with Crippen LogP contribution in [0.3, 0.4) is 0 Å². The van der Waals surface area contributed by atoms with Gasteiger partial charge in [0.1, 0.15) is 0 Å². The van der Waals surface area contributed by atoms with Gasteiger partial charge in [0, 0.05) is 12.3 Å². The maximum atomic E-state index is 8.66. The SMILES string of the molecule is CC1C=C(N)C=C(CCCO)C1. The van der Waals surface area contributed by atoms with Crippen LogP contribution in [0.25, 0.3) is 0 Å². The quantitative estimate of drug-likeness (QED) is 0.670. The second kappa shape index (κ2) is 4.31. The second-order valence-electron chi connectivity index (χ2n) is 3.48. The van der Waals surface area contributed by atoms with E-state index in [9.17, 15) is 0 Å². The molecule has 0 fully saturated rings. The lowest BCUT2D eigenvalue weighted by molar-refractivity contribution is 0.287. The Bertz CT molecular complexity index is 206. The molecule has 0 spiro atoms. The summed E-state index contributed by atoms with van der Waals surface area (Å²) in [6.45, 7) is 2.44. The van der Waals surface area contributed by atoms with Crippen LogP contribution in [-0.4, -0.2) is 11.7 Å². The molecule has 2 heteroatoms. The van der Waals surface area contributed by atoms with Gasteiger partial charge in [-0.3, -0.25) is 0 Å². The molecule has 1 aliphatic carbocycles. The van der Waals surface area contributed by atoms with E-state index in [1.807, 2.05) is 6.08 Å². The molecule has 0 heterocycles. The van der Waals surface area contributed by atoms with Gasteiger partial charge in [0.2, 0.25) is 0 Å². The van der Waals surface area contributed by atoms with Crippen LogP contribution in [0.2, 0.25) is 0 Å². The van der Waals surface area contributed by atoms with Crippen LogP contribution in [0, 0.1) is 5.92 Å². The molecular weight excluding hydrogens is 150 g/mol. The highest BCUT2D eigenvalue weighted by molar-refractivity contribution is 5.26. The third kappa shape index (κ3) is 2.70. The molecule has 0 bridgehead atoms. The minimum Gasteiger partial charge on any atom is -0.399 e. The highest BCUT2D eigenvalue weighted by Gasteiger charge is 2.08. The van der Waals surface area contributed by atoms with Gasteiger partial charge in [0.25, 0.3) is 0 Å². The number of hydrogen-bond acceptors (Lipinski definition) is 2. The van der Waals surface area contributed by atoms with Gasteiger partial charge in [-0.2, -0.15) is 0 Å². The fourth-order valence-corrected chi connectivity index (χ4v) is 1.62. The first-order chi connectivity index (χ1) is 5.72. The molecule has 12 heavy (non-hydrogen) atoms. The van der Waals surface area contributed by atoms with E-state index in [2.05, 4.69) is 13.0 Å². The maximum Gasteiger partial charge on any atom is 0.0434 e. The van der Waals surface area contributed by atoms with E-state index in [-0.39, 0.29) is 6.61 Å². The van der Waals surface area contributed by atoms with Crippen molar-refractivity contribution in [3.8, 4) is 0 Å². The first-order valence-corrected chi connectivity index (χ1v) is 4.50. The van der Waals surface area contributed by atoms with Gasteiger partial charge in [-0.25, -0.2) is 0 Å². The van der Waals surface area contributed by atoms with Gasteiger partial charge in [-0.05, 0) is 31.3 Å². The molecular formula is C10H17NO. The predicted molar refractivity (Wildman–Crippen MR) is 50.5 cm³/mol. The van der Waals surface area contributed by atoms with Crippen molar-refractivity contribution in [1.82, 2.24) is 0 Å². The average Bonchev–Trinajstić information content (AvgIpc) is 1.99.